The van der Waals surface area contributed by atoms with Gasteiger partial charge < -0.3 is 10.6 Å². The van der Waals surface area contributed by atoms with Crippen molar-refractivity contribution in [2.75, 3.05) is 24.7 Å². The summed E-state index contributed by atoms with van der Waals surface area (Å²) in [4.78, 5) is 6.56. The monoisotopic (exact) mass is 201 g/mol. The molecule has 3 heteroatoms. The highest BCUT2D eigenvalue weighted by Gasteiger charge is 2.05. The van der Waals surface area contributed by atoms with Crippen LogP contribution >= 0.6 is 0 Å². The maximum atomic E-state index is 5.75. The Kier molecular flexibility index (Phi) is 2.23. The van der Waals surface area contributed by atoms with E-state index in [0.717, 1.165) is 22.3 Å². The van der Waals surface area contributed by atoms with Crippen LogP contribution in [0.5, 0.6) is 0 Å². The molecule has 0 unspecified atom stereocenters. The molecule has 0 amide bonds. The van der Waals surface area contributed by atoms with Crippen LogP contribution < -0.4 is 10.6 Å². The topological polar surface area (TPSA) is 42.1 Å². The van der Waals surface area contributed by atoms with Gasteiger partial charge >= 0.3 is 0 Å². The van der Waals surface area contributed by atoms with Crippen molar-refractivity contribution in [3.05, 3.63) is 30.0 Å². The number of rotatable bonds is 1. The summed E-state index contributed by atoms with van der Waals surface area (Å²) in [6, 6.07) is 7.92. The van der Waals surface area contributed by atoms with Crippen LogP contribution in [0.4, 0.5) is 11.4 Å². The lowest BCUT2D eigenvalue weighted by Gasteiger charge is -2.16. The summed E-state index contributed by atoms with van der Waals surface area (Å²) in [5.41, 5.74) is 9.65. The molecule has 0 aliphatic heterocycles. The largest absolute Gasteiger partial charge is 0.399 e. The lowest BCUT2D eigenvalue weighted by atomic mass is 10.1. The SMILES string of the molecule is Cc1cc(N(C)C)c2ccc(N)cc2n1. The van der Waals surface area contributed by atoms with E-state index in [1.807, 2.05) is 39.2 Å². The first kappa shape index (κ1) is 9.77. The Morgan fingerprint density at radius 3 is 2.60 bits per heavy atom. The van der Waals surface area contributed by atoms with Crippen molar-refractivity contribution in [2.45, 2.75) is 6.92 Å². The predicted molar refractivity (Wildman–Crippen MR) is 65.2 cm³/mol. The lowest BCUT2D eigenvalue weighted by molar-refractivity contribution is 1.12. The first-order valence-corrected chi connectivity index (χ1v) is 4.92. The summed E-state index contributed by atoms with van der Waals surface area (Å²) >= 11 is 0. The summed E-state index contributed by atoms with van der Waals surface area (Å²) < 4.78 is 0. The summed E-state index contributed by atoms with van der Waals surface area (Å²) in [6.45, 7) is 2.00. The third kappa shape index (κ3) is 1.73. The van der Waals surface area contributed by atoms with Crippen molar-refractivity contribution in [2.24, 2.45) is 0 Å². The number of aromatic nitrogens is 1. The van der Waals surface area contributed by atoms with Gasteiger partial charge in [0.25, 0.3) is 0 Å². The Morgan fingerprint density at radius 1 is 1.20 bits per heavy atom. The number of nitrogens with two attached hydrogens (primary N) is 1. The van der Waals surface area contributed by atoms with Gasteiger partial charge in [0.05, 0.1) is 5.52 Å². The Labute approximate surface area is 89.5 Å². The number of nitrogen functional groups attached to an aromatic ring is 1. The fourth-order valence-electron chi connectivity index (χ4n) is 1.73. The average molecular weight is 201 g/mol. The van der Waals surface area contributed by atoms with Crippen molar-refractivity contribution in [1.29, 1.82) is 0 Å². The Balaban J connectivity index is 2.80. The highest BCUT2D eigenvalue weighted by atomic mass is 15.1. The van der Waals surface area contributed by atoms with Gasteiger partial charge in [-0.2, -0.15) is 0 Å². The van der Waals surface area contributed by atoms with E-state index in [9.17, 15) is 0 Å². The van der Waals surface area contributed by atoms with Crippen LogP contribution in [-0.4, -0.2) is 19.1 Å². The van der Waals surface area contributed by atoms with Crippen LogP contribution in [0.3, 0.4) is 0 Å². The molecule has 1 aromatic heterocycles. The van der Waals surface area contributed by atoms with E-state index in [1.165, 1.54) is 5.69 Å². The molecule has 3 nitrogen and oxygen atoms in total. The van der Waals surface area contributed by atoms with Crippen molar-refractivity contribution in [3.63, 3.8) is 0 Å². The number of hydrogen-bond donors (Lipinski definition) is 1. The van der Waals surface area contributed by atoms with E-state index in [0.29, 0.717) is 0 Å². The number of anilines is 2. The number of pyridine rings is 1. The van der Waals surface area contributed by atoms with Crippen LogP contribution in [-0.2, 0) is 0 Å². The molecule has 0 saturated heterocycles. The van der Waals surface area contributed by atoms with Gasteiger partial charge in [-0.1, -0.05) is 0 Å². The molecule has 78 valence electrons. The van der Waals surface area contributed by atoms with Gasteiger partial charge in [-0.05, 0) is 31.2 Å². The second-order valence-electron chi connectivity index (χ2n) is 3.95. The fraction of sp³-hybridized carbons (Fsp3) is 0.250. The van der Waals surface area contributed by atoms with Gasteiger partial charge in [0.15, 0.2) is 0 Å². The third-order valence-corrected chi connectivity index (χ3v) is 2.42. The van der Waals surface area contributed by atoms with Crippen molar-refractivity contribution in [3.8, 4) is 0 Å². The van der Waals surface area contributed by atoms with Gasteiger partial charge in [-0.25, -0.2) is 0 Å². The molecule has 2 rings (SSSR count). The Hall–Kier alpha value is -1.77. The minimum Gasteiger partial charge on any atom is -0.399 e. The third-order valence-electron chi connectivity index (χ3n) is 2.42. The van der Waals surface area contributed by atoms with Crippen LogP contribution in [0.2, 0.25) is 0 Å². The first-order valence-electron chi connectivity index (χ1n) is 4.92. The van der Waals surface area contributed by atoms with E-state index in [1.54, 1.807) is 0 Å². The second kappa shape index (κ2) is 3.42. The highest BCUT2D eigenvalue weighted by Crippen LogP contribution is 2.26. The molecule has 1 heterocycles. The van der Waals surface area contributed by atoms with Crippen LogP contribution in [0.15, 0.2) is 24.3 Å². The molecule has 0 saturated carbocycles. The maximum absolute atomic E-state index is 5.75. The van der Waals surface area contributed by atoms with Gasteiger partial charge in [0.1, 0.15) is 0 Å². The summed E-state index contributed by atoms with van der Waals surface area (Å²) in [5.74, 6) is 0. The molecule has 0 radical (unpaired) electrons. The smallest absolute Gasteiger partial charge is 0.0746 e. The van der Waals surface area contributed by atoms with Gasteiger partial charge in [-0.3, -0.25) is 4.98 Å². The molecule has 2 N–H and O–H groups in total. The molecular weight excluding hydrogens is 186 g/mol. The van der Waals surface area contributed by atoms with E-state index in [4.69, 9.17) is 5.73 Å². The first-order chi connectivity index (χ1) is 7.08. The Bertz CT molecular complexity index is 498. The zero-order valence-corrected chi connectivity index (χ0v) is 9.28. The fourth-order valence-corrected chi connectivity index (χ4v) is 1.73. The molecular formula is C12H15N3. The quantitative estimate of drug-likeness (QED) is 0.719. The minimum atomic E-state index is 0.755. The summed E-state index contributed by atoms with van der Waals surface area (Å²) in [5, 5.41) is 1.14. The zero-order valence-electron chi connectivity index (χ0n) is 9.28. The van der Waals surface area contributed by atoms with Gasteiger partial charge in [-0.15, -0.1) is 0 Å². The standard InChI is InChI=1S/C12H15N3/c1-8-6-12(15(2)3)10-5-4-9(13)7-11(10)14-8/h4-7H,13H2,1-3H3. The zero-order chi connectivity index (χ0) is 11.0. The number of nitrogens with zero attached hydrogens (tertiary/aromatic N) is 2. The van der Waals surface area contributed by atoms with E-state index in [-0.39, 0.29) is 0 Å². The molecule has 0 atom stereocenters. The van der Waals surface area contributed by atoms with Crippen LogP contribution in [0, 0.1) is 6.92 Å². The van der Waals surface area contributed by atoms with E-state index >= 15 is 0 Å². The minimum absolute atomic E-state index is 0.755. The lowest BCUT2D eigenvalue weighted by Crippen LogP contribution is -2.10. The Morgan fingerprint density at radius 2 is 1.93 bits per heavy atom. The highest BCUT2D eigenvalue weighted by molar-refractivity contribution is 5.93. The number of benzene rings is 1. The molecule has 1 aromatic carbocycles. The van der Waals surface area contributed by atoms with Gasteiger partial charge in [0, 0.05) is 36.6 Å². The average Bonchev–Trinajstić information content (AvgIpc) is 2.15. The molecule has 2 aromatic rings. The molecule has 0 aliphatic rings. The predicted octanol–water partition coefficient (Wildman–Crippen LogP) is 2.19. The summed E-state index contributed by atoms with van der Waals surface area (Å²) in [7, 11) is 4.06. The molecule has 0 aliphatic carbocycles. The maximum Gasteiger partial charge on any atom is 0.0746 e. The molecule has 0 bridgehead atoms. The number of hydrogen-bond acceptors (Lipinski definition) is 3. The number of aryl methyl sites for hydroxylation is 1. The van der Waals surface area contributed by atoms with Gasteiger partial charge in [0.2, 0.25) is 0 Å². The molecule has 0 fully saturated rings. The van der Waals surface area contributed by atoms with E-state index in [2.05, 4.69) is 16.0 Å². The molecule has 15 heavy (non-hydrogen) atoms. The van der Waals surface area contributed by atoms with Crippen molar-refractivity contribution >= 4 is 22.3 Å². The van der Waals surface area contributed by atoms with E-state index < -0.39 is 0 Å². The normalized spacial score (nSPS) is 10.6. The van der Waals surface area contributed by atoms with Crippen LogP contribution in [0.1, 0.15) is 5.69 Å². The molecule has 0 spiro atoms. The number of fused-ring (bicyclic) bond motifs is 1. The van der Waals surface area contributed by atoms with Crippen LogP contribution in [0.25, 0.3) is 10.9 Å². The second-order valence-corrected chi connectivity index (χ2v) is 3.95. The summed E-state index contributed by atoms with van der Waals surface area (Å²) in [6.07, 6.45) is 0. The van der Waals surface area contributed by atoms with Crippen molar-refractivity contribution in [1.82, 2.24) is 4.98 Å². The van der Waals surface area contributed by atoms with Crippen molar-refractivity contribution < 1.29 is 0 Å².